The number of halogens is 1. The third-order valence-corrected chi connectivity index (χ3v) is 2.83. The largest absolute Gasteiger partial charge is 0.394 e. The lowest BCUT2D eigenvalue weighted by Crippen LogP contribution is -2.25. The summed E-state index contributed by atoms with van der Waals surface area (Å²) in [6, 6.07) is 8.86. The summed E-state index contributed by atoms with van der Waals surface area (Å²) >= 11 is 5.84. The highest BCUT2D eigenvalue weighted by atomic mass is 35.5. The van der Waals surface area contributed by atoms with Crippen LogP contribution in [0.2, 0.25) is 5.02 Å². The van der Waals surface area contributed by atoms with E-state index in [1.165, 1.54) is 4.68 Å². The van der Waals surface area contributed by atoms with E-state index in [1.54, 1.807) is 18.2 Å². The Balaban J connectivity index is 2.51. The number of nitrogens with zero attached hydrogens (tertiary/aromatic N) is 2. The van der Waals surface area contributed by atoms with E-state index in [0.29, 0.717) is 17.3 Å². The van der Waals surface area contributed by atoms with E-state index >= 15 is 0 Å². The van der Waals surface area contributed by atoms with E-state index in [0.717, 1.165) is 12.0 Å². The van der Waals surface area contributed by atoms with Crippen molar-refractivity contribution in [1.82, 2.24) is 9.78 Å². The van der Waals surface area contributed by atoms with Gasteiger partial charge < -0.3 is 5.73 Å². The molecule has 1 aromatic carbocycles. The summed E-state index contributed by atoms with van der Waals surface area (Å²) in [6.07, 6.45) is 0.830. The van der Waals surface area contributed by atoms with E-state index in [9.17, 15) is 4.79 Å². The van der Waals surface area contributed by atoms with Crippen LogP contribution in [0.5, 0.6) is 0 Å². The zero-order valence-corrected chi connectivity index (χ0v) is 10.8. The quantitative estimate of drug-likeness (QED) is 0.926. The molecule has 2 rings (SSSR count). The minimum absolute atomic E-state index is 0.211. The molecule has 0 spiro atoms. The molecule has 1 heterocycles. The summed E-state index contributed by atoms with van der Waals surface area (Å²) < 4.78 is 1.40. The van der Waals surface area contributed by atoms with Crippen molar-refractivity contribution < 1.29 is 0 Å². The minimum Gasteiger partial charge on any atom is -0.394 e. The van der Waals surface area contributed by atoms with Gasteiger partial charge in [-0.25, -0.2) is 4.68 Å². The second-order valence-corrected chi connectivity index (χ2v) is 4.46. The zero-order valence-electron chi connectivity index (χ0n) is 10.1. The molecule has 18 heavy (non-hydrogen) atoms. The lowest BCUT2D eigenvalue weighted by Gasteiger charge is -2.07. The summed E-state index contributed by atoms with van der Waals surface area (Å²) in [4.78, 5) is 11.8. The number of benzene rings is 1. The van der Waals surface area contributed by atoms with E-state index < -0.39 is 0 Å². The Bertz CT molecular complexity index is 605. The molecule has 0 atom stereocenters. The Morgan fingerprint density at radius 2 is 2.00 bits per heavy atom. The first-order chi connectivity index (χ1) is 8.61. The van der Waals surface area contributed by atoms with Gasteiger partial charge in [0.05, 0.1) is 5.69 Å². The van der Waals surface area contributed by atoms with Gasteiger partial charge in [0, 0.05) is 17.1 Å². The molecule has 0 saturated heterocycles. The molecule has 94 valence electrons. The van der Waals surface area contributed by atoms with Gasteiger partial charge in [0.1, 0.15) is 5.69 Å². The van der Waals surface area contributed by atoms with Crippen LogP contribution in [-0.4, -0.2) is 9.78 Å². The Kier molecular flexibility index (Phi) is 3.67. The molecule has 0 saturated carbocycles. The number of aryl methyl sites for hydroxylation is 1. The lowest BCUT2D eigenvalue weighted by molar-refractivity contribution is 0.572. The van der Waals surface area contributed by atoms with Crippen LogP contribution in [0.1, 0.15) is 13.3 Å². The summed E-state index contributed by atoms with van der Waals surface area (Å²) in [5.41, 5.74) is 7.25. The summed E-state index contributed by atoms with van der Waals surface area (Å²) in [6.45, 7) is 2.55. The number of aromatic nitrogens is 2. The molecule has 0 aliphatic rings. The average Bonchev–Trinajstić information content (AvgIpc) is 2.36. The van der Waals surface area contributed by atoms with Crippen LogP contribution in [0.4, 0.5) is 5.69 Å². The molecular weight excluding hydrogens is 250 g/mol. The molecule has 0 unspecified atom stereocenters. The monoisotopic (exact) mass is 263 g/mol. The predicted octanol–water partition coefficient (Wildman–Crippen LogP) is 2.56. The van der Waals surface area contributed by atoms with Gasteiger partial charge in [-0.2, -0.15) is 5.10 Å². The van der Waals surface area contributed by atoms with Crippen LogP contribution in [0.25, 0.3) is 11.3 Å². The molecule has 5 heteroatoms. The predicted molar refractivity (Wildman–Crippen MR) is 73.6 cm³/mol. The second-order valence-electron chi connectivity index (χ2n) is 4.02. The maximum Gasteiger partial charge on any atom is 0.289 e. The average molecular weight is 264 g/mol. The SMILES string of the molecule is CCCn1nc(-c2ccc(Cl)cc2)cc(N)c1=O. The molecule has 0 bridgehead atoms. The van der Waals surface area contributed by atoms with E-state index in [2.05, 4.69) is 5.10 Å². The van der Waals surface area contributed by atoms with Crippen LogP contribution < -0.4 is 11.3 Å². The smallest absolute Gasteiger partial charge is 0.289 e. The normalized spacial score (nSPS) is 10.6. The van der Waals surface area contributed by atoms with Crippen molar-refractivity contribution >= 4 is 17.3 Å². The van der Waals surface area contributed by atoms with Gasteiger partial charge in [-0.15, -0.1) is 0 Å². The Hall–Kier alpha value is -1.81. The van der Waals surface area contributed by atoms with Crippen LogP contribution in [0, 0.1) is 0 Å². The molecule has 0 amide bonds. The molecule has 0 aliphatic carbocycles. The fourth-order valence-corrected chi connectivity index (χ4v) is 1.81. The number of anilines is 1. The molecule has 4 nitrogen and oxygen atoms in total. The van der Waals surface area contributed by atoms with Crippen molar-refractivity contribution in [2.75, 3.05) is 5.73 Å². The first-order valence-corrected chi connectivity index (χ1v) is 6.13. The topological polar surface area (TPSA) is 60.9 Å². The van der Waals surface area contributed by atoms with Crippen molar-refractivity contribution in [3.8, 4) is 11.3 Å². The molecule has 2 aromatic rings. The van der Waals surface area contributed by atoms with Crippen LogP contribution in [-0.2, 0) is 6.54 Å². The fourth-order valence-electron chi connectivity index (χ4n) is 1.69. The van der Waals surface area contributed by atoms with Crippen LogP contribution in [0.3, 0.4) is 0 Å². The van der Waals surface area contributed by atoms with Gasteiger partial charge in [-0.1, -0.05) is 30.7 Å². The number of nitrogen functional groups attached to an aromatic ring is 1. The molecule has 0 aliphatic heterocycles. The van der Waals surface area contributed by atoms with E-state index in [-0.39, 0.29) is 11.2 Å². The minimum atomic E-state index is -0.241. The first kappa shape index (κ1) is 12.6. The third kappa shape index (κ3) is 2.54. The van der Waals surface area contributed by atoms with E-state index in [4.69, 9.17) is 17.3 Å². The van der Waals surface area contributed by atoms with Crippen molar-refractivity contribution in [1.29, 1.82) is 0 Å². The molecule has 2 N–H and O–H groups in total. The molecule has 0 radical (unpaired) electrons. The maximum absolute atomic E-state index is 11.8. The second kappa shape index (κ2) is 5.23. The number of nitrogens with two attached hydrogens (primary N) is 1. The van der Waals surface area contributed by atoms with Crippen molar-refractivity contribution in [3.63, 3.8) is 0 Å². The van der Waals surface area contributed by atoms with Gasteiger partial charge in [0.15, 0.2) is 0 Å². The Labute approximate surface area is 110 Å². The zero-order chi connectivity index (χ0) is 13.1. The molecular formula is C13H14ClN3O. The summed E-state index contributed by atoms with van der Waals surface area (Å²) in [5, 5.41) is 4.96. The highest BCUT2D eigenvalue weighted by Gasteiger charge is 2.07. The Morgan fingerprint density at radius 1 is 1.33 bits per heavy atom. The van der Waals surface area contributed by atoms with E-state index in [1.807, 2.05) is 19.1 Å². The van der Waals surface area contributed by atoms with Gasteiger partial charge in [0.2, 0.25) is 0 Å². The number of hydrogen-bond donors (Lipinski definition) is 1. The van der Waals surface area contributed by atoms with Gasteiger partial charge in [-0.05, 0) is 24.6 Å². The maximum atomic E-state index is 11.8. The van der Waals surface area contributed by atoms with Gasteiger partial charge in [-0.3, -0.25) is 4.79 Å². The number of hydrogen-bond acceptors (Lipinski definition) is 3. The van der Waals surface area contributed by atoms with Gasteiger partial charge >= 0.3 is 0 Å². The molecule has 0 fully saturated rings. The first-order valence-electron chi connectivity index (χ1n) is 5.75. The lowest BCUT2D eigenvalue weighted by atomic mass is 10.1. The third-order valence-electron chi connectivity index (χ3n) is 2.58. The van der Waals surface area contributed by atoms with Crippen LogP contribution >= 0.6 is 11.6 Å². The van der Waals surface area contributed by atoms with Crippen LogP contribution in [0.15, 0.2) is 35.1 Å². The highest BCUT2D eigenvalue weighted by Crippen LogP contribution is 2.19. The number of rotatable bonds is 3. The Morgan fingerprint density at radius 3 is 2.61 bits per heavy atom. The summed E-state index contributed by atoms with van der Waals surface area (Å²) in [7, 11) is 0. The summed E-state index contributed by atoms with van der Waals surface area (Å²) in [5.74, 6) is 0. The van der Waals surface area contributed by atoms with Crippen molar-refractivity contribution in [2.24, 2.45) is 0 Å². The van der Waals surface area contributed by atoms with Crippen molar-refractivity contribution in [3.05, 3.63) is 45.7 Å². The van der Waals surface area contributed by atoms with Gasteiger partial charge in [0.25, 0.3) is 5.56 Å². The fraction of sp³-hybridized carbons (Fsp3) is 0.231. The highest BCUT2D eigenvalue weighted by molar-refractivity contribution is 6.30. The standard InChI is InChI=1S/C13H14ClN3O/c1-2-7-17-13(18)11(15)8-12(16-17)9-3-5-10(14)6-4-9/h3-6,8H,2,7,15H2,1H3. The molecule has 1 aromatic heterocycles. The van der Waals surface area contributed by atoms with Crippen molar-refractivity contribution in [2.45, 2.75) is 19.9 Å².